The number of amides is 1. The van der Waals surface area contributed by atoms with Crippen molar-refractivity contribution < 1.29 is 9.53 Å². The Labute approximate surface area is 166 Å². The van der Waals surface area contributed by atoms with E-state index >= 15 is 0 Å². The maximum absolute atomic E-state index is 12.9. The molecule has 1 atom stereocenters. The van der Waals surface area contributed by atoms with E-state index in [1.54, 1.807) is 4.68 Å². The molecule has 0 unspecified atom stereocenters. The lowest BCUT2D eigenvalue weighted by atomic mass is 9.96. The topological polar surface area (TPSA) is 65.2 Å². The van der Waals surface area contributed by atoms with Gasteiger partial charge in [-0.25, -0.2) is 0 Å². The summed E-state index contributed by atoms with van der Waals surface area (Å²) in [5.74, 6) is 1.04. The minimum Gasteiger partial charge on any atom is -0.381 e. The van der Waals surface area contributed by atoms with Crippen LogP contribution in [-0.2, 0) is 36.1 Å². The first-order valence-corrected chi connectivity index (χ1v) is 10.5. The molecule has 1 aliphatic carbocycles. The highest BCUT2D eigenvalue weighted by molar-refractivity contribution is 5.78. The normalized spacial score (nSPS) is 19.9. The number of aryl methyl sites for hydroxylation is 1. The van der Waals surface area contributed by atoms with Gasteiger partial charge < -0.3 is 9.64 Å². The van der Waals surface area contributed by atoms with Gasteiger partial charge in [-0.3, -0.25) is 14.2 Å². The molecule has 1 amide bonds. The van der Waals surface area contributed by atoms with E-state index in [2.05, 4.69) is 9.78 Å². The Bertz CT molecular complexity index is 806. The molecule has 4 rings (SSSR count). The standard InChI is InChI=1S/C21H31N5O2/c1-3-28-15-18-14-25(20(27)10-19-8-9-24(2)23-19)13-17-11-22-26(21(17)18)12-16-6-4-5-7-16/h8-9,11,16,18H,3-7,10,12-15H2,1-2H3/t18-/m1/s1. The first kappa shape index (κ1) is 19.2. The SMILES string of the molecule is CCOC[C@H]1CN(C(=O)Cc2ccn(C)n2)Cc2cnn(CC3CCCC3)c21. The van der Waals surface area contributed by atoms with Gasteiger partial charge >= 0.3 is 0 Å². The van der Waals surface area contributed by atoms with Crippen LogP contribution in [0, 0.1) is 5.92 Å². The number of carbonyl (C=O) groups excluding carboxylic acids is 1. The minimum absolute atomic E-state index is 0.120. The highest BCUT2D eigenvalue weighted by Gasteiger charge is 2.32. The molecular weight excluding hydrogens is 354 g/mol. The van der Waals surface area contributed by atoms with Crippen LogP contribution in [0.4, 0.5) is 0 Å². The van der Waals surface area contributed by atoms with Crippen LogP contribution in [-0.4, -0.2) is 50.1 Å². The predicted molar refractivity (Wildman–Crippen MR) is 106 cm³/mol. The third kappa shape index (κ3) is 4.14. The second-order valence-corrected chi connectivity index (χ2v) is 8.18. The fraction of sp³-hybridized carbons (Fsp3) is 0.667. The molecule has 0 spiro atoms. The fourth-order valence-corrected chi connectivity index (χ4v) is 4.64. The zero-order chi connectivity index (χ0) is 19.5. The van der Waals surface area contributed by atoms with E-state index in [0.717, 1.165) is 18.2 Å². The molecule has 7 nitrogen and oxygen atoms in total. The summed E-state index contributed by atoms with van der Waals surface area (Å²) < 4.78 is 9.72. The average molecular weight is 386 g/mol. The van der Waals surface area contributed by atoms with Crippen molar-refractivity contribution in [2.24, 2.45) is 13.0 Å². The second kappa shape index (κ2) is 8.47. The van der Waals surface area contributed by atoms with E-state index in [1.165, 1.54) is 36.9 Å². The Morgan fingerprint density at radius 3 is 2.86 bits per heavy atom. The third-order valence-corrected chi connectivity index (χ3v) is 6.03. The number of rotatable bonds is 7. The highest BCUT2D eigenvalue weighted by Crippen LogP contribution is 2.32. The van der Waals surface area contributed by atoms with Crippen LogP contribution in [0.3, 0.4) is 0 Å². The number of carbonyl (C=O) groups is 1. The van der Waals surface area contributed by atoms with Gasteiger partial charge in [0.15, 0.2) is 0 Å². The smallest absolute Gasteiger partial charge is 0.228 e. The van der Waals surface area contributed by atoms with Crippen molar-refractivity contribution in [2.75, 3.05) is 19.8 Å². The van der Waals surface area contributed by atoms with Crippen molar-refractivity contribution in [3.63, 3.8) is 0 Å². The zero-order valence-corrected chi connectivity index (χ0v) is 17.0. The lowest BCUT2D eigenvalue weighted by Gasteiger charge is -2.33. The maximum atomic E-state index is 12.9. The van der Waals surface area contributed by atoms with Gasteiger partial charge in [-0.15, -0.1) is 0 Å². The van der Waals surface area contributed by atoms with Crippen molar-refractivity contribution in [3.8, 4) is 0 Å². The molecule has 0 N–H and O–H groups in total. The number of hydrogen-bond acceptors (Lipinski definition) is 4. The van der Waals surface area contributed by atoms with E-state index in [9.17, 15) is 4.79 Å². The molecule has 0 radical (unpaired) electrons. The molecule has 7 heteroatoms. The average Bonchev–Trinajstić information content (AvgIpc) is 3.42. The molecule has 1 saturated carbocycles. The van der Waals surface area contributed by atoms with Gasteiger partial charge in [0.1, 0.15) is 0 Å². The zero-order valence-electron chi connectivity index (χ0n) is 17.0. The Hall–Kier alpha value is -2.15. The molecule has 0 bridgehead atoms. The number of fused-ring (bicyclic) bond motifs is 1. The van der Waals surface area contributed by atoms with Crippen LogP contribution in [0.15, 0.2) is 18.5 Å². The van der Waals surface area contributed by atoms with Crippen molar-refractivity contribution in [2.45, 2.75) is 58.0 Å². The summed E-state index contributed by atoms with van der Waals surface area (Å²) in [6.45, 7) is 5.66. The number of aromatic nitrogens is 4. The summed E-state index contributed by atoms with van der Waals surface area (Å²) in [6.07, 6.45) is 9.47. The molecular formula is C21H31N5O2. The van der Waals surface area contributed by atoms with E-state index in [1.807, 2.05) is 37.3 Å². The lowest BCUT2D eigenvalue weighted by Crippen LogP contribution is -2.41. The van der Waals surface area contributed by atoms with Crippen molar-refractivity contribution in [1.29, 1.82) is 0 Å². The predicted octanol–water partition coefficient (Wildman–Crippen LogP) is 2.51. The summed E-state index contributed by atoms with van der Waals surface area (Å²) in [5.41, 5.74) is 3.27. The van der Waals surface area contributed by atoms with Gasteiger partial charge in [0, 0.05) is 51.0 Å². The monoisotopic (exact) mass is 385 g/mol. The van der Waals surface area contributed by atoms with Gasteiger partial charge in [-0.2, -0.15) is 10.2 Å². The van der Waals surface area contributed by atoms with Crippen LogP contribution < -0.4 is 0 Å². The Balaban J connectivity index is 1.51. The molecule has 2 aromatic rings. The largest absolute Gasteiger partial charge is 0.381 e. The van der Waals surface area contributed by atoms with E-state index in [-0.39, 0.29) is 11.8 Å². The molecule has 2 aliphatic rings. The summed E-state index contributed by atoms with van der Waals surface area (Å²) >= 11 is 0. The van der Waals surface area contributed by atoms with Crippen LogP contribution in [0.2, 0.25) is 0 Å². The number of ether oxygens (including phenoxy) is 1. The fourth-order valence-electron chi connectivity index (χ4n) is 4.64. The molecule has 1 aliphatic heterocycles. The van der Waals surface area contributed by atoms with Gasteiger partial charge in [-0.1, -0.05) is 12.8 Å². The molecule has 28 heavy (non-hydrogen) atoms. The van der Waals surface area contributed by atoms with E-state index in [4.69, 9.17) is 9.84 Å². The molecule has 0 saturated heterocycles. The van der Waals surface area contributed by atoms with Crippen LogP contribution in [0.5, 0.6) is 0 Å². The first-order chi connectivity index (χ1) is 13.6. The molecule has 3 heterocycles. The molecule has 152 valence electrons. The van der Waals surface area contributed by atoms with Crippen molar-refractivity contribution in [1.82, 2.24) is 24.5 Å². The summed E-state index contributed by atoms with van der Waals surface area (Å²) in [7, 11) is 1.87. The van der Waals surface area contributed by atoms with Gasteiger partial charge in [-0.05, 0) is 31.7 Å². The van der Waals surface area contributed by atoms with Crippen molar-refractivity contribution >= 4 is 5.91 Å². The Morgan fingerprint density at radius 1 is 1.32 bits per heavy atom. The molecule has 1 fully saturated rings. The van der Waals surface area contributed by atoms with Crippen LogP contribution in [0.1, 0.15) is 55.5 Å². The molecule has 0 aromatic carbocycles. The lowest BCUT2D eigenvalue weighted by molar-refractivity contribution is -0.132. The summed E-state index contributed by atoms with van der Waals surface area (Å²) in [6, 6.07) is 1.91. The minimum atomic E-state index is 0.120. The maximum Gasteiger partial charge on any atom is 0.228 e. The quantitative estimate of drug-likeness (QED) is 0.735. The van der Waals surface area contributed by atoms with Gasteiger partial charge in [0.25, 0.3) is 0 Å². The van der Waals surface area contributed by atoms with E-state index in [0.29, 0.717) is 32.7 Å². The number of nitrogens with zero attached hydrogens (tertiary/aromatic N) is 5. The van der Waals surface area contributed by atoms with Gasteiger partial charge in [0.05, 0.1) is 30.6 Å². The molecule has 2 aromatic heterocycles. The first-order valence-electron chi connectivity index (χ1n) is 10.5. The van der Waals surface area contributed by atoms with Gasteiger partial charge in [0.2, 0.25) is 5.91 Å². The third-order valence-electron chi connectivity index (χ3n) is 6.03. The summed E-state index contributed by atoms with van der Waals surface area (Å²) in [5, 5.41) is 9.06. The second-order valence-electron chi connectivity index (χ2n) is 8.18. The van der Waals surface area contributed by atoms with Crippen molar-refractivity contribution in [3.05, 3.63) is 35.4 Å². The Kier molecular flexibility index (Phi) is 5.80. The van der Waals surface area contributed by atoms with Crippen LogP contribution >= 0.6 is 0 Å². The summed E-state index contributed by atoms with van der Waals surface area (Å²) in [4.78, 5) is 14.8. The van der Waals surface area contributed by atoms with Crippen LogP contribution in [0.25, 0.3) is 0 Å². The van der Waals surface area contributed by atoms with E-state index < -0.39 is 0 Å². The highest BCUT2D eigenvalue weighted by atomic mass is 16.5. The number of hydrogen-bond donors (Lipinski definition) is 0. The Morgan fingerprint density at radius 2 is 2.14 bits per heavy atom.